The number of amidine groups is 1. The molecule has 92 valence electrons. The van der Waals surface area contributed by atoms with Gasteiger partial charge in [0.05, 0.1) is 5.84 Å². The van der Waals surface area contributed by atoms with Crippen molar-refractivity contribution in [1.82, 2.24) is 5.32 Å². The maximum absolute atomic E-state index is 4.71. The quantitative estimate of drug-likeness (QED) is 0.673. The monoisotopic (exact) mass is 222 g/mol. The van der Waals surface area contributed by atoms with Gasteiger partial charge in [-0.05, 0) is 25.7 Å². The minimum atomic E-state index is 0.723. The van der Waals surface area contributed by atoms with Crippen LogP contribution in [0.5, 0.6) is 0 Å². The predicted molar refractivity (Wildman–Crippen MR) is 70.0 cm³/mol. The lowest BCUT2D eigenvalue weighted by Gasteiger charge is -2.20. The third kappa shape index (κ3) is 4.15. The van der Waals surface area contributed by atoms with Crippen LogP contribution in [-0.4, -0.2) is 18.4 Å². The van der Waals surface area contributed by atoms with Gasteiger partial charge in [-0.2, -0.15) is 0 Å². The highest BCUT2D eigenvalue weighted by Gasteiger charge is 2.13. The molecule has 1 aliphatic carbocycles. The van der Waals surface area contributed by atoms with Gasteiger partial charge in [-0.3, -0.25) is 4.99 Å². The fourth-order valence-corrected chi connectivity index (χ4v) is 2.83. The van der Waals surface area contributed by atoms with Crippen LogP contribution >= 0.6 is 0 Å². The van der Waals surface area contributed by atoms with E-state index in [2.05, 4.69) is 5.32 Å². The summed E-state index contributed by atoms with van der Waals surface area (Å²) in [6.45, 7) is 1.05. The van der Waals surface area contributed by atoms with Gasteiger partial charge in [-0.1, -0.05) is 38.5 Å². The summed E-state index contributed by atoms with van der Waals surface area (Å²) in [6, 6.07) is 0.723. The van der Waals surface area contributed by atoms with E-state index in [1.807, 2.05) is 0 Å². The Morgan fingerprint density at radius 1 is 0.812 bits per heavy atom. The van der Waals surface area contributed by atoms with Gasteiger partial charge >= 0.3 is 0 Å². The lowest BCUT2D eigenvalue weighted by Crippen LogP contribution is -2.34. The van der Waals surface area contributed by atoms with Gasteiger partial charge in [0.2, 0.25) is 0 Å². The standard InChI is InChI=1S/C14H26N2/c1-2-6-10-13(9-5-1)16-14-11-7-3-4-8-12-15-14/h13H,1-12H2,(H,15,16). The maximum atomic E-state index is 4.71. The molecule has 2 rings (SSSR count). The molecule has 0 spiro atoms. The van der Waals surface area contributed by atoms with Crippen molar-refractivity contribution in [2.75, 3.05) is 6.54 Å². The first-order valence-electron chi connectivity index (χ1n) is 7.25. The maximum Gasteiger partial charge on any atom is 0.0965 e. The van der Waals surface area contributed by atoms with Crippen molar-refractivity contribution in [3.05, 3.63) is 0 Å². The van der Waals surface area contributed by atoms with Gasteiger partial charge in [0.25, 0.3) is 0 Å². The molecular weight excluding hydrogens is 196 g/mol. The number of hydrogen-bond donors (Lipinski definition) is 1. The van der Waals surface area contributed by atoms with Gasteiger partial charge < -0.3 is 5.32 Å². The molecule has 1 fully saturated rings. The minimum Gasteiger partial charge on any atom is -0.371 e. The second kappa shape index (κ2) is 6.93. The highest BCUT2D eigenvalue weighted by molar-refractivity contribution is 5.82. The number of rotatable bonds is 1. The molecule has 0 amide bonds. The Kier molecular flexibility index (Phi) is 5.17. The summed E-state index contributed by atoms with van der Waals surface area (Å²) >= 11 is 0. The Bertz CT molecular complexity index is 215. The summed E-state index contributed by atoms with van der Waals surface area (Å²) in [5.41, 5.74) is 0. The van der Waals surface area contributed by atoms with Crippen LogP contribution in [0.3, 0.4) is 0 Å². The highest BCUT2D eigenvalue weighted by Crippen LogP contribution is 2.18. The minimum absolute atomic E-state index is 0.723. The van der Waals surface area contributed by atoms with Gasteiger partial charge in [-0.25, -0.2) is 0 Å². The van der Waals surface area contributed by atoms with E-state index in [9.17, 15) is 0 Å². The zero-order valence-corrected chi connectivity index (χ0v) is 10.5. The van der Waals surface area contributed by atoms with E-state index in [0.717, 1.165) is 12.6 Å². The van der Waals surface area contributed by atoms with Gasteiger partial charge in [0, 0.05) is 19.0 Å². The van der Waals surface area contributed by atoms with Crippen LogP contribution in [0.15, 0.2) is 4.99 Å². The lowest BCUT2D eigenvalue weighted by atomic mass is 10.1. The van der Waals surface area contributed by atoms with Crippen molar-refractivity contribution < 1.29 is 0 Å². The van der Waals surface area contributed by atoms with Crippen LogP contribution in [0.2, 0.25) is 0 Å². The molecule has 0 bridgehead atoms. The molecule has 2 heteroatoms. The van der Waals surface area contributed by atoms with Gasteiger partial charge in [0.1, 0.15) is 0 Å². The van der Waals surface area contributed by atoms with E-state index >= 15 is 0 Å². The number of nitrogens with one attached hydrogen (secondary N) is 1. The van der Waals surface area contributed by atoms with E-state index in [4.69, 9.17) is 4.99 Å². The highest BCUT2D eigenvalue weighted by atomic mass is 15.0. The van der Waals surface area contributed by atoms with E-state index < -0.39 is 0 Å². The Balaban J connectivity index is 1.81. The van der Waals surface area contributed by atoms with Crippen molar-refractivity contribution in [3.8, 4) is 0 Å². The molecule has 16 heavy (non-hydrogen) atoms. The van der Waals surface area contributed by atoms with Gasteiger partial charge in [0.15, 0.2) is 0 Å². The molecule has 2 aliphatic rings. The first-order valence-corrected chi connectivity index (χ1v) is 7.25. The van der Waals surface area contributed by atoms with Gasteiger partial charge in [-0.15, -0.1) is 0 Å². The molecule has 0 saturated heterocycles. The summed E-state index contributed by atoms with van der Waals surface area (Å²) < 4.78 is 0. The summed E-state index contributed by atoms with van der Waals surface area (Å²) in [4.78, 5) is 4.71. The average molecular weight is 222 g/mol. The molecule has 0 unspecified atom stereocenters. The second-order valence-corrected chi connectivity index (χ2v) is 5.33. The summed E-state index contributed by atoms with van der Waals surface area (Å²) in [5.74, 6) is 1.31. The Labute approximate surface area is 99.9 Å². The Morgan fingerprint density at radius 2 is 1.50 bits per heavy atom. The van der Waals surface area contributed by atoms with Crippen LogP contribution in [0, 0.1) is 0 Å². The molecule has 1 saturated carbocycles. The SMILES string of the molecule is C1CCCC(NC2CCCCCC2)=NCC1. The van der Waals surface area contributed by atoms with Crippen molar-refractivity contribution in [2.24, 2.45) is 4.99 Å². The molecule has 0 radical (unpaired) electrons. The molecule has 0 aromatic carbocycles. The fraction of sp³-hybridized carbons (Fsp3) is 0.929. The smallest absolute Gasteiger partial charge is 0.0965 e. The average Bonchev–Trinajstić information content (AvgIpc) is 2.50. The normalized spacial score (nSPS) is 25.1. The van der Waals surface area contributed by atoms with Crippen molar-refractivity contribution in [2.45, 2.75) is 76.7 Å². The predicted octanol–water partition coefficient (Wildman–Crippen LogP) is 3.66. The molecule has 1 aliphatic heterocycles. The van der Waals surface area contributed by atoms with Crippen molar-refractivity contribution >= 4 is 5.84 Å². The zero-order chi connectivity index (χ0) is 11.1. The van der Waals surface area contributed by atoms with Crippen LogP contribution in [0.4, 0.5) is 0 Å². The Morgan fingerprint density at radius 3 is 2.31 bits per heavy atom. The van der Waals surface area contributed by atoms with E-state index in [0.29, 0.717) is 0 Å². The van der Waals surface area contributed by atoms with E-state index in [-0.39, 0.29) is 0 Å². The van der Waals surface area contributed by atoms with Crippen LogP contribution in [0.25, 0.3) is 0 Å². The van der Waals surface area contributed by atoms with Crippen molar-refractivity contribution in [1.29, 1.82) is 0 Å². The number of nitrogens with zero attached hydrogens (tertiary/aromatic N) is 1. The lowest BCUT2D eigenvalue weighted by molar-refractivity contribution is 0.521. The van der Waals surface area contributed by atoms with Crippen molar-refractivity contribution in [3.63, 3.8) is 0 Å². The topological polar surface area (TPSA) is 24.4 Å². The third-order valence-electron chi connectivity index (χ3n) is 3.85. The van der Waals surface area contributed by atoms with Crippen LogP contribution in [-0.2, 0) is 0 Å². The first kappa shape index (κ1) is 11.9. The molecular formula is C14H26N2. The molecule has 0 aromatic heterocycles. The summed E-state index contributed by atoms with van der Waals surface area (Å²) in [7, 11) is 0. The third-order valence-corrected chi connectivity index (χ3v) is 3.85. The van der Waals surface area contributed by atoms with E-state index in [1.54, 1.807) is 0 Å². The summed E-state index contributed by atoms with van der Waals surface area (Å²) in [5, 5.41) is 3.72. The molecule has 1 N–H and O–H groups in total. The van der Waals surface area contributed by atoms with Crippen LogP contribution in [0.1, 0.15) is 70.6 Å². The molecule has 1 heterocycles. The number of aliphatic imine (C=N–C) groups is 1. The molecule has 2 nitrogen and oxygen atoms in total. The molecule has 0 atom stereocenters. The largest absolute Gasteiger partial charge is 0.371 e. The fourth-order valence-electron chi connectivity index (χ4n) is 2.83. The zero-order valence-electron chi connectivity index (χ0n) is 10.5. The Hall–Kier alpha value is -0.530. The second-order valence-electron chi connectivity index (χ2n) is 5.33. The van der Waals surface area contributed by atoms with E-state index in [1.165, 1.54) is 76.5 Å². The first-order chi connectivity index (χ1) is 7.95. The summed E-state index contributed by atoms with van der Waals surface area (Å²) in [6.07, 6.45) is 15.0. The van der Waals surface area contributed by atoms with Crippen LogP contribution < -0.4 is 5.32 Å². The number of hydrogen-bond acceptors (Lipinski definition) is 2. The molecule has 0 aromatic rings.